The van der Waals surface area contributed by atoms with Crippen molar-refractivity contribution < 1.29 is 0 Å². The van der Waals surface area contributed by atoms with Crippen molar-refractivity contribution in [1.29, 1.82) is 0 Å². The zero-order valence-corrected chi connectivity index (χ0v) is 13.9. The van der Waals surface area contributed by atoms with Gasteiger partial charge in [-0.3, -0.25) is 4.68 Å². The highest BCUT2D eigenvalue weighted by Gasteiger charge is 2.14. The molecular formula is C18H27N3. The number of nitrogens with zero attached hydrogens (tertiary/aromatic N) is 2. The topological polar surface area (TPSA) is 29.9 Å². The predicted octanol–water partition coefficient (Wildman–Crippen LogP) is 4.25. The molecule has 1 unspecified atom stereocenters. The number of aryl methyl sites for hydroxylation is 2. The monoisotopic (exact) mass is 285 g/mol. The maximum atomic E-state index is 4.64. The summed E-state index contributed by atoms with van der Waals surface area (Å²) in [7, 11) is 0. The Morgan fingerprint density at radius 1 is 1.19 bits per heavy atom. The Kier molecular flexibility index (Phi) is 5.18. The van der Waals surface area contributed by atoms with Crippen LogP contribution in [-0.4, -0.2) is 16.3 Å². The van der Waals surface area contributed by atoms with E-state index in [4.69, 9.17) is 0 Å². The predicted molar refractivity (Wildman–Crippen MR) is 89.5 cm³/mol. The minimum atomic E-state index is 0.428. The molecule has 1 N–H and O–H groups in total. The van der Waals surface area contributed by atoms with Gasteiger partial charge in [0, 0.05) is 23.8 Å². The van der Waals surface area contributed by atoms with Crippen LogP contribution in [0.2, 0.25) is 0 Å². The normalized spacial score (nSPS) is 12.6. The summed E-state index contributed by atoms with van der Waals surface area (Å²) in [5.74, 6) is 0. The fourth-order valence-corrected chi connectivity index (χ4v) is 3.08. The number of aromatic nitrogens is 2. The van der Waals surface area contributed by atoms with Crippen molar-refractivity contribution in [3.8, 4) is 11.1 Å². The van der Waals surface area contributed by atoms with Gasteiger partial charge >= 0.3 is 0 Å². The Labute approximate surface area is 128 Å². The van der Waals surface area contributed by atoms with Gasteiger partial charge in [0.15, 0.2) is 0 Å². The van der Waals surface area contributed by atoms with E-state index in [1.165, 1.54) is 22.4 Å². The summed E-state index contributed by atoms with van der Waals surface area (Å²) in [5.41, 5.74) is 6.29. The van der Waals surface area contributed by atoms with Crippen molar-refractivity contribution in [3.05, 3.63) is 41.2 Å². The van der Waals surface area contributed by atoms with E-state index in [2.05, 4.69) is 74.0 Å². The van der Waals surface area contributed by atoms with E-state index in [9.17, 15) is 0 Å². The van der Waals surface area contributed by atoms with Crippen LogP contribution in [0, 0.1) is 13.8 Å². The first-order chi connectivity index (χ1) is 10.1. The van der Waals surface area contributed by atoms with E-state index in [-0.39, 0.29) is 0 Å². The summed E-state index contributed by atoms with van der Waals surface area (Å²) in [5, 5.41) is 8.19. The molecule has 0 aliphatic rings. The van der Waals surface area contributed by atoms with Crippen LogP contribution in [0.3, 0.4) is 0 Å². The van der Waals surface area contributed by atoms with Crippen LogP contribution >= 0.6 is 0 Å². The summed E-state index contributed by atoms with van der Waals surface area (Å²) in [4.78, 5) is 0. The van der Waals surface area contributed by atoms with Gasteiger partial charge in [0.05, 0.1) is 5.69 Å². The van der Waals surface area contributed by atoms with Crippen LogP contribution in [-0.2, 0) is 6.54 Å². The van der Waals surface area contributed by atoms with Crippen LogP contribution < -0.4 is 5.32 Å². The Bertz CT molecular complexity index is 599. The zero-order chi connectivity index (χ0) is 15.4. The zero-order valence-electron chi connectivity index (χ0n) is 13.9. The van der Waals surface area contributed by atoms with Gasteiger partial charge in [0.1, 0.15) is 0 Å². The fourth-order valence-electron chi connectivity index (χ4n) is 3.08. The van der Waals surface area contributed by atoms with E-state index in [0.717, 1.165) is 25.2 Å². The third kappa shape index (κ3) is 3.18. The molecule has 0 amide bonds. The molecule has 0 bridgehead atoms. The van der Waals surface area contributed by atoms with E-state index < -0.39 is 0 Å². The molecule has 2 aromatic rings. The van der Waals surface area contributed by atoms with Gasteiger partial charge in [-0.2, -0.15) is 5.10 Å². The first kappa shape index (κ1) is 15.8. The van der Waals surface area contributed by atoms with Crippen molar-refractivity contribution >= 4 is 0 Å². The third-order valence-corrected chi connectivity index (χ3v) is 4.12. The highest BCUT2D eigenvalue weighted by molar-refractivity contribution is 5.69. The lowest BCUT2D eigenvalue weighted by molar-refractivity contribution is 0.537. The van der Waals surface area contributed by atoms with Gasteiger partial charge in [-0.25, -0.2) is 0 Å². The minimum Gasteiger partial charge on any atom is -0.310 e. The highest BCUT2D eigenvalue weighted by atomic mass is 15.3. The van der Waals surface area contributed by atoms with Gasteiger partial charge < -0.3 is 5.32 Å². The molecule has 3 nitrogen and oxygen atoms in total. The lowest BCUT2D eigenvalue weighted by Crippen LogP contribution is -2.19. The number of nitrogens with one attached hydrogen (secondary N) is 1. The van der Waals surface area contributed by atoms with E-state index in [1.54, 1.807) is 0 Å². The molecule has 0 radical (unpaired) electrons. The van der Waals surface area contributed by atoms with Crippen molar-refractivity contribution in [3.63, 3.8) is 0 Å². The van der Waals surface area contributed by atoms with E-state index >= 15 is 0 Å². The second kappa shape index (κ2) is 6.90. The molecule has 0 saturated carbocycles. The molecule has 0 aliphatic carbocycles. The molecule has 3 heteroatoms. The van der Waals surface area contributed by atoms with Gasteiger partial charge in [0.25, 0.3) is 0 Å². The van der Waals surface area contributed by atoms with Gasteiger partial charge in [0.2, 0.25) is 0 Å². The molecule has 1 aromatic heterocycles. The second-order valence-electron chi connectivity index (χ2n) is 5.51. The second-order valence-corrected chi connectivity index (χ2v) is 5.51. The first-order valence-electron chi connectivity index (χ1n) is 8.00. The average Bonchev–Trinajstić information content (AvgIpc) is 2.79. The number of benzene rings is 1. The number of rotatable bonds is 6. The average molecular weight is 285 g/mol. The SMILES string of the molecule is CCNC(CC)c1cccc(-c2c(C)nn(CC)c2C)c1. The van der Waals surface area contributed by atoms with Crippen LogP contribution in [0.5, 0.6) is 0 Å². The van der Waals surface area contributed by atoms with E-state index in [1.807, 2.05) is 0 Å². The maximum Gasteiger partial charge on any atom is 0.0674 e. The van der Waals surface area contributed by atoms with Crippen LogP contribution in [0.15, 0.2) is 24.3 Å². The molecule has 1 atom stereocenters. The molecule has 0 spiro atoms. The summed E-state index contributed by atoms with van der Waals surface area (Å²) < 4.78 is 2.08. The van der Waals surface area contributed by atoms with Gasteiger partial charge in [-0.05, 0) is 50.9 Å². The van der Waals surface area contributed by atoms with Gasteiger partial charge in [-0.15, -0.1) is 0 Å². The summed E-state index contributed by atoms with van der Waals surface area (Å²) in [6.45, 7) is 12.7. The standard InChI is InChI=1S/C18H27N3/c1-6-17(19-7-2)15-10-9-11-16(12-15)18-13(4)20-21(8-3)14(18)5/h9-12,17,19H,6-8H2,1-5H3. The smallest absolute Gasteiger partial charge is 0.0674 e. The lowest BCUT2D eigenvalue weighted by atomic mass is 9.97. The molecular weight excluding hydrogens is 258 g/mol. The molecule has 114 valence electrons. The Balaban J connectivity index is 2.44. The molecule has 0 aliphatic heterocycles. The first-order valence-corrected chi connectivity index (χ1v) is 8.00. The Morgan fingerprint density at radius 2 is 1.95 bits per heavy atom. The van der Waals surface area contributed by atoms with Crippen LogP contribution in [0.1, 0.15) is 50.2 Å². The Morgan fingerprint density at radius 3 is 2.52 bits per heavy atom. The summed E-state index contributed by atoms with van der Waals surface area (Å²) in [6, 6.07) is 9.31. The molecule has 21 heavy (non-hydrogen) atoms. The molecule has 1 aromatic carbocycles. The number of hydrogen-bond donors (Lipinski definition) is 1. The summed E-state index contributed by atoms with van der Waals surface area (Å²) >= 11 is 0. The van der Waals surface area contributed by atoms with Crippen molar-refractivity contribution in [1.82, 2.24) is 15.1 Å². The van der Waals surface area contributed by atoms with Crippen LogP contribution in [0.4, 0.5) is 0 Å². The van der Waals surface area contributed by atoms with Crippen molar-refractivity contribution in [2.75, 3.05) is 6.54 Å². The summed E-state index contributed by atoms with van der Waals surface area (Å²) in [6.07, 6.45) is 1.10. The quantitative estimate of drug-likeness (QED) is 0.860. The van der Waals surface area contributed by atoms with Crippen molar-refractivity contribution in [2.45, 2.75) is 53.6 Å². The number of hydrogen-bond acceptors (Lipinski definition) is 2. The third-order valence-electron chi connectivity index (χ3n) is 4.12. The van der Waals surface area contributed by atoms with E-state index in [0.29, 0.717) is 6.04 Å². The molecule has 2 rings (SSSR count). The minimum absolute atomic E-state index is 0.428. The van der Waals surface area contributed by atoms with Crippen molar-refractivity contribution in [2.24, 2.45) is 0 Å². The fraction of sp³-hybridized carbons (Fsp3) is 0.500. The lowest BCUT2D eigenvalue weighted by Gasteiger charge is -2.17. The maximum absolute atomic E-state index is 4.64. The largest absolute Gasteiger partial charge is 0.310 e. The Hall–Kier alpha value is -1.61. The van der Waals surface area contributed by atoms with Gasteiger partial charge in [-0.1, -0.05) is 32.0 Å². The molecule has 0 fully saturated rings. The highest BCUT2D eigenvalue weighted by Crippen LogP contribution is 2.29. The van der Waals surface area contributed by atoms with Crippen LogP contribution in [0.25, 0.3) is 11.1 Å². The molecule has 0 saturated heterocycles. The molecule has 1 heterocycles.